The SMILES string of the molecule is C#Cc1ccc(-c2cccnc2C)cc1. The second kappa shape index (κ2) is 3.98. The monoisotopic (exact) mass is 193 g/mol. The molecule has 0 amide bonds. The van der Waals surface area contributed by atoms with Gasteiger partial charge in [-0.25, -0.2) is 0 Å². The first-order chi connectivity index (χ1) is 7.31. The molecule has 15 heavy (non-hydrogen) atoms. The van der Waals surface area contributed by atoms with Crippen LogP contribution < -0.4 is 0 Å². The summed E-state index contributed by atoms with van der Waals surface area (Å²) in [5, 5.41) is 0. The molecule has 0 aliphatic heterocycles. The van der Waals surface area contributed by atoms with Crippen LogP contribution in [0.4, 0.5) is 0 Å². The highest BCUT2D eigenvalue weighted by Gasteiger charge is 2.00. The molecule has 0 bridgehead atoms. The number of terminal acetylenes is 1. The summed E-state index contributed by atoms with van der Waals surface area (Å²) in [5.41, 5.74) is 4.24. The van der Waals surface area contributed by atoms with Crippen LogP contribution in [0.5, 0.6) is 0 Å². The third kappa shape index (κ3) is 1.89. The first-order valence-electron chi connectivity index (χ1n) is 4.80. The lowest BCUT2D eigenvalue weighted by atomic mass is 10.0. The van der Waals surface area contributed by atoms with E-state index in [1.165, 1.54) is 0 Å². The fourth-order valence-corrected chi connectivity index (χ4v) is 1.54. The van der Waals surface area contributed by atoms with Crippen molar-refractivity contribution in [3.63, 3.8) is 0 Å². The summed E-state index contributed by atoms with van der Waals surface area (Å²) < 4.78 is 0. The van der Waals surface area contributed by atoms with Gasteiger partial charge in [0.05, 0.1) is 0 Å². The van der Waals surface area contributed by atoms with Crippen molar-refractivity contribution in [2.24, 2.45) is 0 Å². The van der Waals surface area contributed by atoms with E-state index in [0.29, 0.717) is 0 Å². The van der Waals surface area contributed by atoms with E-state index in [1.54, 1.807) is 6.20 Å². The summed E-state index contributed by atoms with van der Waals surface area (Å²) in [6.45, 7) is 2.00. The predicted octanol–water partition coefficient (Wildman–Crippen LogP) is 3.04. The van der Waals surface area contributed by atoms with Gasteiger partial charge < -0.3 is 0 Å². The Morgan fingerprint density at radius 1 is 1.13 bits per heavy atom. The fourth-order valence-electron chi connectivity index (χ4n) is 1.54. The van der Waals surface area contributed by atoms with Crippen molar-refractivity contribution in [3.8, 4) is 23.5 Å². The first-order valence-corrected chi connectivity index (χ1v) is 4.80. The minimum Gasteiger partial charge on any atom is -0.261 e. The number of hydrogen-bond acceptors (Lipinski definition) is 1. The molecule has 0 saturated carbocycles. The number of benzene rings is 1. The van der Waals surface area contributed by atoms with Crippen molar-refractivity contribution < 1.29 is 0 Å². The lowest BCUT2D eigenvalue weighted by Crippen LogP contribution is -1.86. The van der Waals surface area contributed by atoms with E-state index >= 15 is 0 Å². The van der Waals surface area contributed by atoms with Crippen molar-refractivity contribution in [1.29, 1.82) is 0 Å². The van der Waals surface area contributed by atoms with Crippen LogP contribution in [0.3, 0.4) is 0 Å². The van der Waals surface area contributed by atoms with Crippen LogP contribution in [-0.2, 0) is 0 Å². The highest BCUT2D eigenvalue weighted by molar-refractivity contribution is 5.66. The Labute approximate surface area is 89.8 Å². The molecule has 0 radical (unpaired) electrons. The quantitative estimate of drug-likeness (QED) is 0.634. The molecule has 2 rings (SSSR count). The minimum atomic E-state index is 0.903. The summed E-state index contributed by atoms with van der Waals surface area (Å²) in [6, 6.07) is 12.0. The molecule has 0 N–H and O–H groups in total. The summed E-state index contributed by atoms with van der Waals surface area (Å²) >= 11 is 0. The van der Waals surface area contributed by atoms with Crippen molar-refractivity contribution >= 4 is 0 Å². The highest BCUT2D eigenvalue weighted by atomic mass is 14.7. The lowest BCUT2D eigenvalue weighted by Gasteiger charge is -2.04. The zero-order valence-electron chi connectivity index (χ0n) is 8.57. The number of aromatic nitrogens is 1. The summed E-state index contributed by atoms with van der Waals surface area (Å²) in [7, 11) is 0. The van der Waals surface area contributed by atoms with Gasteiger partial charge in [0.1, 0.15) is 0 Å². The summed E-state index contributed by atoms with van der Waals surface area (Å²) in [5.74, 6) is 2.60. The first kappa shape index (κ1) is 9.48. The van der Waals surface area contributed by atoms with Gasteiger partial charge in [-0.2, -0.15) is 0 Å². The lowest BCUT2D eigenvalue weighted by molar-refractivity contribution is 1.20. The topological polar surface area (TPSA) is 12.9 Å². The normalized spacial score (nSPS) is 9.60. The molecule has 1 nitrogen and oxygen atoms in total. The Hall–Kier alpha value is -2.07. The molecule has 2 aromatic rings. The van der Waals surface area contributed by atoms with Crippen LogP contribution in [0, 0.1) is 19.3 Å². The maximum atomic E-state index is 5.31. The van der Waals surface area contributed by atoms with Gasteiger partial charge in [0.25, 0.3) is 0 Å². The minimum absolute atomic E-state index is 0.903. The van der Waals surface area contributed by atoms with Gasteiger partial charge in [-0.1, -0.05) is 24.1 Å². The number of nitrogens with zero attached hydrogens (tertiary/aromatic N) is 1. The molecule has 1 aromatic carbocycles. The maximum Gasteiger partial charge on any atom is 0.0450 e. The molecule has 0 saturated heterocycles. The van der Waals surface area contributed by atoms with Crippen molar-refractivity contribution in [2.75, 3.05) is 0 Å². The Morgan fingerprint density at radius 2 is 1.87 bits per heavy atom. The Bertz CT molecular complexity index is 504. The van der Waals surface area contributed by atoms with Crippen LogP contribution >= 0.6 is 0 Å². The van der Waals surface area contributed by atoms with Crippen molar-refractivity contribution in [1.82, 2.24) is 4.98 Å². The Kier molecular flexibility index (Phi) is 2.51. The van der Waals surface area contributed by atoms with Crippen molar-refractivity contribution in [3.05, 3.63) is 53.9 Å². The molecular weight excluding hydrogens is 182 g/mol. The molecule has 0 atom stereocenters. The van der Waals surface area contributed by atoms with E-state index in [0.717, 1.165) is 22.4 Å². The van der Waals surface area contributed by atoms with Crippen LogP contribution in [0.15, 0.2) is 42.6 Å². The second-order valence-electron chi connectivity index (χ2n) is 3.36. The fraction of sp³-hybridized carbons (Fsp3) is 0.0714. The molecule has 1 heteroatoms. The van der Waals surface area contributed by atoms with E-state index < -0.39 is 0 Å². The second-order valence-corrected chi connectivity index (χ2v) is 3.36. The van der Waals surface area contributed by atoms with Crippen LogP contribution in [0.1, 0.15) is 11.3 Å². The average Bonchev–Trinajstić information content (AvgIpc) is 2.30. The average molecular weight is 193 g/mol. The third-order valence-electron chi connectivity index (χ3n) is 2.37. The van der Waals surface area contributed by atoms with E-state index in [1.807, 2.05) is 37.3 Å². The van der Waals surface area contributed by atoms with Gasteiger partial charge in [-0.05, 0) is 30.7 Å². The van der Waals surface area contributed by atoms with E-state index in [-0.39, 0.29) is 0 Å². The standard InChI is InChI=1S/C14H11N/c1-3-12-6-8-13(9-7-12)14-5-4-10-15-11(14)2/h1,4-10H,2H3. The van der Waals surface area contributed by atoms with E-state index in [2.05, 4.69) is 17.0 Å². The zero-order valence-corrected chi connectivity index (χ0v) is 8.57. The molecule has 0 unspecified atom stereocenters. The molecule has 0 fully saturated rings. The van der Waals surface area contributed by atoms with Gasteiger partial charge >= 0.3 is 0 Å². The number of hydrogen-bond donors (Lipinski definition) is 0. The molecule has 0 spiro atoms. The van der Waals surface area contributed by atoms with Crippen LogP contribution in [0.25, 0.3) is 11.1 Å². The molecule has 1 heterocycles. The highest BCUT2D eigenvalue weighted by Crippen LogP contribution is 2.21. The Balaban J connectivity index is 2.47. The maximum absolute atomic E-state index is 5.31. The van der Waals surface area contributed by atoms with Gasteiger partial charge in [-0.3, -0.25) is 4.98 Å². The predicted molar refractivity (Wildman–Crippen MR) is 62.3 cm³/mol. The number of aryl methyl sites for hydroxylation is 1. The van der Waals surface area contributed by atoms with E-state index in [4.69, 9.17) is 6.42 Å². The number of pyridine rings is 1. The van der Waals surface area contributed by atoms with Crippen LogP contribution in [-0.4, -0.2) is 4.98 Å². The van der Waals surface area contributed by atoms with Gasteiger partial charge in [0.15, 0.2) is 0 Å². The molecule has 1 aromatic heterocycles. The van der Waals surface area contributed by atoms with Crippen molar-refractivity contribution in [2.45, 2.75) is 6.92 Å². The van der Waals surface area contributed by atoms with E-state index in [9.17, 15) is 0 Å². The largest absolute Gasteiger partial charge is 0.261 e. The third-order valence-corrected chi connectivity index (χ3v) is 2.37. The molecule has 0 aliphatic carbocycles. The number of rotatable bonds is 1. The summed E-state index contributed by atoms with van der Waals surface area (Å²) in [4.78, 5) is 4.26. The smallest absolute Gasteiger partial charge is 0.0450 e. The molecule has 72 valence electrons. The molecule has 0 aliphatic rings. The summed E-state index contributed by atoms with van der Waals surface area (Å²) in [6.07, 6.45) is 7.11. The molecular formula is C14H11N. The van der Waals surface area contributed by atoms with Gasteiger partial charge in [0, 0.05) is 23.0 Å². The van der Waals surface area contributed by atoms with Gasteiger partial charge in [-0.15, -0.1) is 6.42 Å². The zero-order chi connectivity index (χ0) is 10.7. The van der Waals surface area contributed by atoms with Gasteiger partial charge in [0.2, 0.25) is 0 Å². The Morgan fingerprint density at radius 3 is 2.47 bits per heavy atom. The van der Waals surface area contributed by atoms with Crippen LogP contribution in [0.2, 0.25) is 0 Å².